The molecular weight excluding hydrogens is 235 g/mol. The molecule has 0 saturated carbocycles. The van der Waals surface area contributed by atoms with Gasteiger partial charge in [-0.3, -0.25) is 0 Å². The SMILES string of the molecule is [C-]#N.[C-]#N.[C-]#N.[Fe].[Ru+3]. The molecule has 0 spiro atoms. The summed E-state index contributed by atoms with van der Waals surface area (Å²) in [6.45, 7) is 14.2. The summed E-state index contributed by atoms with van der Waals surface area (Å²) in [6.07, 6.45) is 0. The molecule has 0 saturated heterocycles. The summed E-state index contributed by atoms with van der Waals surface area (Å²) in [5.41, 5.74) is 0. The van der Waals surface area contributed by atoms with Crippen LogP contribution in [0.2, 0.25) is 0 Å². The second-order valence-corrected chi connectivity index (χ2v) is 0. The minimum Gasteiger partial charge on any atom is -0.512 e. The number of nitrogens with zero attached hydrogens (tertiary/aromatic N) is 3. The molecule has 0 aliphatic rings. The third-order valence-electron chi connectivity index (χ3n) is 0. The average molecular weight is 235 g/mol. The van der Waals surface area contributed by atoms with Gasteiger partial charge in [-0.1, -0.05) is 0 Å². The van der Waals surface area contributed by atoms with Gasteiger partial charge in [-0.2, -0.15) is 0 Å². The average Bonchev–Trinajstić information content (AvgIpc) is 1.81. The van der Waals surface area contributed by atoms with Crippen LogP contribution in [-0.4, -0.2) is 0 Å². The van der Waals surface area contributed by atoms with Gasteiger partial charge in [0.15, 0.2) is 0 Å². The summed E-state index contributed by atoms with van der Waals surface area (Å²) in [5.74, 6) is 0. The molecule has 0 heterocycles. The topological polar surface area (TPSA) is 71.4 Å². The van der Waals surface area contributed by atoms with E-state index in [9.17, 15) is 0 Å². The maximum absolute atomic E-state index is 6.25. The van der Waals surface area contributed by atoms with Crippen molar-refractivity contribution in [2.75, 3.05) is 0 Å². The van der Waals surface area contributed by atoms with Crippen LogP contribution in [-0.2, 0) is 36.5 Å². The molecule has 0 aliphatic carbocycles. The van der Waals surface area contributed by atoms with Gasteiger partial charge in [0.25, 0.3) is 0 Å². The second kappa shape index (κ2) is 1390. The largest absolute Gasteiger partial charge is 3.00 e. The van der Waals surface area contributed by atoms with Gasteiger partial charge in [0, 0.05) is 17.1 Å². The Morgan fingerprint density at radius 2 is 0.625 bits per heavy atom. The summed E-state index contributed by atoms with van der Waals surface area (Å²) in [6, 6.07) is 0. The summed E-state index contributed by atoms with van der Waals surface area (Å²) in [7, 11) is 0. The first-order valence-corrected chi connectivity index (χ1v) is 0.671. The summed E-state index contributed by atoms with van der Waals surface area (Å²) < 4.78 is 0. The van der Waals surface area contributed by atoms with E-state index in [4.69, 9.17) is 35.5 Å². The van der Waals surface area contributed by atoms with Crippen molar-refractivity contribution in [3.8, 4) is 0 Å². The van der Waals surface area contributed by atoms with Crippen LogP contribution in [0.4, 0.5) is 0 Å². The molecule has 0 N–H and O–H groups in total. The minimum atomic E-state index is 0. The Hall–Kier alpha value is -0.387. The predicted octanol–water partition coefficient (Wildman–Crippen LogP) is 0.284. The fourth-order valence-electron chi connectivity index (χ4n) is 0. The monoisotopic (exact) mass is 236 g/mol. The van der Waals surface area contributed by atoms with Crippen molar-refractivity contribution in [3.05, 3.63) is 19.7 Å². The van der Waals surface area contributed by atoms with Crippen molar-refractivity contribution in [2.24, 2.45) is 0 Å². The standard InChI is InChI=1S/3CN.Fe.Ru/c3*1-2;;/q3*-1;;+3. The van der Waals surface area contributed by atoms with Gasteiger partial charge in [0.05, 0.1) is 0 Å². The van der Waals surface area contributed by atoms with E-state index in [1.165, 1.54) is 0 Å². The molecule has 3 nitrogen and oxygen atoms in total. The van der Waals surface area contributed by atoms with Crippen LogP contribution < -0.4 is 0 Å². The maximum Gasteiger partial charge on any atom is 3.00 e. The van der Waals surface area contributed by atoms with Crippen molar-refractivity contribution in [1.82, 2.24) is 0 Å². The van der Waals surface area contributed by atoms with E-state index in [2.05, 4.69) is 0 Å². The minimum absolute atomic E-state index is 0. The smallest absolute Gasteiger partial charge is 0.512 e. The Labute approximate surface area is 72.1 Å². The van der Waals surface area contributed by atoms with Crippen LogP contribution in [0, 0.1) is 35.5 Å². The van der Waals surface area contributed by atoms with E-state index in [1.54, 1.807) is 0 Å². The van der Waals surface area contributed by atoms with Gasteiger partial charge in [-0.25, -0.2) is 0 Å². The molecule has 0 bridgehead atoms. The van der Waals surface area contributed by atoms with E-state index in [0.717, 1.165) is 0 Å². The van der Waals surface area contributed by atoms with Crippen LogP contribution in [0.1, 0.15) is 0 Å². The Kier molecular flexibility index (Phi) is 8470. The van der Waals surface area contributed by atoms with Gasteiger partial charge in [0.2, 0.25) is 0 Å². The number of hydrogen-bond acceptors (Lipinski definition) is 3. The quantitative estimate of drug-likeness (QED) is 0.447. The molecule has 8 heavy (non-hydrogen) atoms. The van der Waals surface area contributed by atoms with Crippen LogP contribution in [0.3, 0.4) is 0 Å². The Morgan fingerprint density at radius 1 is 0.625 bits per heavy atom. The maximum atomic E-state index is 6.25. The zero-order chi connectivity index (χ0) is 6.00. The fraction of sp³-hybridized carbons (Fsp3) is 0. The van der Waals surface area contributed by atoms with Gasteiger partial charge in [-0.05, 0) is 0 Å². The van der Waals surface area contributed by atoms with Crippen LogP contribution in [0.25, 0.3) is 0 Å². The zero-order valence-electron chi connectivity index (χ0n) is 3.55. The normalized spacial score (nSPS) is 0.750. The molecule has 0 fully saturated rings. The van der Waals surface area contributed by atoms with Gasteiger partial charge < -0.3 is 35.5 Å². The predicted molar refractivity (Wildman–Crippen MR) is 14.9 cm³/mol. The van der Waals surface area contributed by atoms with Gasteiger partial charge in [0.1, 0.15) is 0 Å². The summed E-state index contributed by atoms with van der Waals surface area (Å²) in [4.78, 5) is 0. The molecule has 0 aromatic carbocycles. The van der Waals surface area contributed by atoms with Crippen molar-refractivity contribution in [3.63, 3.8) is 0 Å². The molecule has 0 amide bonds. The first-order valence-electron chi connectivity index (χ1n) is 0.671. The molecule has 0 aliphatic heterocycles. The first-order chi connectivity index (χ1) is 3.00. The molecule has 0 atom stereocenters. The van der Waals surface area contributed by atoms with Crippen LogP contribution in [0.15, 0.2) is 0 Å². The Balaban J connectivity index is -0.00000000500. The summed E-state index contributed by atoms with van der Waals surface area (Å²) >= 11 is 0. The Bertz CT molecular complexity index is 43.0. The molecule has 43 valence electrons. The van der Waals surface area contributed by atoms with Crippen molar-refractivity contribution in [2.45, 2.75) is 0 Å². The van der Waals surface area contributed by atoms with Crippen molar-refractivity contribution in [1.29, 1.82) is 15.8 Å². The molecular formula is C3FeN3Ru. The van der Waals surface area contributed by atoms with Crippen molar-refractivity contribution >= 4 is 0 Å². The second-order valence-electron chi connectivity index (χ2n) is 0. The molecule has 0 unspecified atom stereocenters. The molecule has 5 heteroatoms. The number of rotatable bonds is 0. The van der Waals surface area contributed by atoms with Gasteiger partial charge >= 0.3 is 19.5 Å². The fourth-order valence-corrected chi connectivity index (χ4v) is 0. The third kappa shape index (κ3) is 797. The number of hydrogen-bond donors (Lipinski definition) is 0. The first kappa shape index (κ1) is 48.8. The molecule has 1 radical (unpaired) electrons. The van der Waals surface area contributed by atoms with Crippen molar-refractivity contribution < 1.29 is 36.5 Å². The molecule has 0 aromatic rings. The van der Waals surface area contributed by atoms with E-state index >= 15 is 0 Å². The summed E-state index contributed by atoms with van der Waals surface area (Å²) in [5, 5.41) is 18.8. The van der Waals surface area contributed by atoms with E-state index < -0.39 is 0 Å². The van der Waals surface area contributed by atoms with Crippen LogP contribution in [0.5, 0.6) is 0 Å². The third-order valence-corrected chi connectivity index (χ3v) is 0. The van der Waals surface area contributed by atoms with Crippen LogP contribution >= 0.6 is 0 Å². The van der Waals surface area contributed by atoms with Gasteiger partial charge in [-0.15, -0.1) is 0 Å². The molecule has 0 aromatic heterocycles. The van der Waals surface area contributed by atoms with E-state index in [1.807, 2.05) is 0 Å². The van der Waals surface area contributed by atoms with E-state index in [-0.39, 0.29) is 36.5 Å². The van der Waals surface area contributed by atoms with E-state index in [0.29, 0.717) is 0 Å². The zero-order valence-corrected chi connectivity index (χ0v) is 6.39. The Morgan fingerprint density at radius 3 is 0.625 bits per heavy atom. The molecule has 0 rings (SSSR count).